The van der Waals surface area contributed by atoms with Crippen molar-refractivity contribution >= 4 is 46.4 Å². The van der Waals surface area contributed by atoms with Gasteiger partial charge in [0.25, 0.3) is 17.8 Å². The average Bonchev–Trinajstić information content (AvgIpc) is 3.36. The minimum Gasteiger partial charge on any atom is -0.493 e. The summed E-state index contributed by atoms with van der Waals surface area (Å²) in [5, 5.41) is 14.6. The Hall–Kier alpha value is -4.34. The maximum atomic E-state index is 13.5. The van der Waals surface area contributed by atoms with Gasteiger partial charge in [-0.1, -0.05) is 30.3 Å². The summed E-state index contributed by atoms with van der Waals surface area (Å²) < 4.78 is 7.09. The molecule has 166 valence electrons. The van der Waals surface area contributed by atoms with E-state index in [2.05, 4.69) is 25.5 Å². The van der Waals surface area contributed by atoms with E-state index in [0.717, 1.165) is 10.8 Å². The lowest BCUT2D eigenvalue weighted by Gasteiger charge is -2.18. The SMILES string of the molecule is CCOc1ccc2ccccc2c1C(=O)Nc1cc(C)nn1C1=NC(=O)C2C=NN(C)C2=N1. The second-order valence-corrected chi connectivity index (χ2v) is 7.62. The highest BCUT2D eigenvalue weighted by atomic mass is 16.5. The van der Waals surface area contributed by atoms with E-state index >= 15 is 0 Å². The number of fused-ring (bicyclic) bond motifs is 2. The maximum absolute atomic E-state index is 13.5. The molecular weight excluding hydrogens is 422 g/mol. The number of aromatic nitrogens is 2. The lowest BCUT2D eigenvalue weighted by atomic mass is 10.0. The third-order valence-corrected chi connectivity index (χ3v) is 5.37. The van der Waals surface area contributed by atoms with Crippen molar-refractivity contribution in [2.75, 3.05) is 19.0 Å². The quantitative estimate of drug-likeness (QED) is 0.666. The molecule has 1 atom stereocenters. The molecule has 0 radical (unpaired) electrons. The summed E-state index contributed by atoms with van der Waals surface area (Å²) in [6, 6.07) is 13.0. The Balaban J connectivity index is 1.54. The van der Waals surface area contributed by atoms with Gasteiger partial charge in [-0.3, -0.25) is 14.6 Å². The van der Waals surface area contributed by atoms with Crippen LogP contribution in [-0.2, 0) is 4.79 Å². The minimum absolute atomic E-state index is 0.0648. The molecule has 33 heavy (non-hydrogen) atoms. The van der Waals surface area contributed by atoms with Crippen LogP contribution in [0.3, 0.4) is 0 Å². The number of nitrogens with one attached hydrogen (secondary N) is 1. The van der Waals surface area contributed by atoms with E-state index in [4.69, 9.17) is 4.74 Å². The van der Waals surface area contributed by atoms with Crippen LogP contribution in [0.5, 0.6) is 5.75 Å². The van der Waals surface area contributed by atoms with Crippen LogP contribution >= 0.6 is 0 Å². The van der Waals surface area contributed by atoms with Crippen molar-refractivity contribution in [2.24, 2.45) is 21.0 Å². The zero-order valence-corrected chi connectivity index (χ0v) is 18.3. The Morgan fingerprint density at radius 2 is 2.00 bits per heavy atom. The van der Waals surface area contributed by atoms with Crippen molar-refractivity contribution < 1.29 is 14.3 Å². The van der Waals surface area contributed by atoms with E-state index < -0.39 is 5.92 Å². The zero-order valence-electron chi connectivity index (χ0n) is 18.3. The number of aliphatic imine (C=N–C) groups is 2. The van der Waals surface area contributed by atoms with Gasteiger partial charge in [0.2, 0.25) is 0 Å². The summed E-state index contributed by atoms with van der Waals surface area (Å²) in [6.45, 7) is 4.06. The van der Waals surface area contributed by atoms with Gasteiger partial charge >= 0.3 is 0 Å². The third kappa shape index (κ3) is 3.55. The topological polar surface area (TPSA) is 114 Å². The molecule has 1 N–H and O–H groups in total. The molecule has 2 amide bonds. The Morgan fingerprint density at radius 1 is 1.18 bits per heavy atom. The van der Waals surface area contributed by atoms with Crippen LogP contribution < -0.4 is 10.1 Å². The number of hydrazone groups is 1. The number of amides is 2. The van der Waals surface area contributed by atoms with Crippen molar-refractivity contribution in [3.8, 4) is 5.75 Å². The lowest BCUT2D eigenvalue weighted by molar-refractivity contribution is -0.118. The second kappa shape index (κ2) is 7.97. The molecule has 2 aliphatic rings. The summed E-state index contributed by atoms with van der Waals surface area (Å²) in [4.78, 5) is 34.5. The molecule has 2 aliphatic heterocycles. The molecule has 0 saturated heterocycles. The molecule has 10 nitrogen and oxygen atoms in total. The van der Waals surface area contributed by atoms with Crippen LogP contribution in [-0.4, -0.2) is 58.3 Å². The smallest absolute Gasteiger partial charge is 0.265 e. The Kier molecular flexibility index (Phi) is 4.97. The number of carbonyl (C=O) groups is 2. The fourth-order valence-corrected chi connectivity index (χ4v) is 3.88. The molecule has 0 spiro atoms. The predicted octanol–water partition coefficient (Wildman–Crippen LogP) is 2.69. The number of carbonyl (C=O) groups excluding carboxylic acids is 2. The van der Waals surface area contributed by atoms with Gasteiger partial charge in [-0.05, 0) is 30.7 Å². The number of benzene rings is 2. The molecule has 0 fully saturated rings. The van der Waals surface area contributed by atoms with E-state index in [0.29, 0.717) is 35.3 Å². The normalized spacial score (nSPS) is 17.1. The maximum Gasteiger partial charge on any atom is 0.265 e. The molecule has 5 rings (SSSR count). The standard InChI is InChI=1S/C23H21N7O3/c1-4-33-17-10-9-14-7-5-6-8-15(14)19(17)22(32)25-18-11-13(2)28-30(18)23-26-20-16(21(31)27-23)12-24-29(20)3/h5-12,16H,4H2,1-3H3,(H,25,32). The molecule has 1 unspecified atom stereocenters. The van der Waals surface area contributed by atoms with E-state index in [-0.39, 0.29) is 17.8 Å². The Labute approximate surface area is 189 Å². The number of amidine groups is 1. The monoisotopic (exact) mass is 443 g/mol. The lowest BCUT2D eigenvalue weighted by Crippen LogP contribution is -2.35. The summed E-state index contributed by atoms with van der Waals surface area (Å²) in [7, 11) is 1.71. The number of anilines is 1. The third-order valence-electron chi connectivity index (χ3n) is 5.37. The van der Waals surface area contributed by atoms with Crippen LogP contribution in [0.15, 0.2) is 57.6 Å². The Morgan fingerprint density at radius 3 is 2.82 bits per heavy atom. The molecular formula is C23H21N7O3. The molecule has 0 bridgehead atoms. The van der Waals surface area contributed by atoms with Crippen molar-refractivity contribution in [1.82, 2.24) is 14.8 Å². The molecule has 0 saturated carbocycles. The summed E-state index contributed by atoms with van der Waals surface area (Å²) >= 11 is 0. The number of aryl methyl sites for hydroxylation is 1. The van der Waals surface area contributed by atoms with E-state index in [9.17, 15) is 9.59 Å². The minimum atomic E-state index is -0.599. The molecule has 10 heteroatoms. The summed E-state index contributed by atoms with van der Waals surface area (Å²) in [5.74, 6) is -0.0126. The van der Waals surface area contributed by atoms with Crippen LogP contribution in [0.4, 0.5) is 5.82 Å². The number of rotatable bonds is 4. The zero-order chi connectivity index (χ0) is 23.1. The highest BCUT2D eigenvalue weighted by Crippen LogP contribution is 2.29. The van der Waals surface area contributed by atoms with Crippen LogP contribution in [0.1, 0.15) is 23.0 Å². The summed E-state index contributed by atoms with van der Waals surface area (Å²) in [6.07, 6.45) is 1.51. The van der Waals surface area contributed by atoms with E-state index in [1.165, 1.54) is 15.9 Å². The van der Waals surface area contributed by atoms with Crippen molar-refractivity contribution in [3.63, 3.8) is 0 Å². The second-order valence-electron chi connectivity index (χ2n) is 7.62. The number of ether oxygens (including phenoxy) is 1. The van der Waals surface area contributed by atoms with Crippen molar-refractivity contribution in [1.29, 1.82) is 0 Å². The highest BCUT2D eigenvalue weighted by Gasteiger charge is 2.35. The van der Waals surface area contributed by atoms with Gasteiger partial charge in [0.1, 0.15) is 23.3 Å². The predicted molar refractivity (Wildman–Crippen MR) is 125 cm³/mol. The van der Waals surface area contributed by atoms with Crippen LogP contribution in [0.25, 0.3) is 10.8 Å². The first-order valence-corrected chi connectivity index (χ1v) is 10.5. The first-order chi connectivity index (χ1) is 16.0. The van der Waals surface area contributed by atoms with Crippen molar-refractivity contribution in [3.05, 3.63) is 53.7 Å². The largest absolute Gasteiger partial charge is 0.493 e. The van der Waals surface area contributed by atoms with E-state index in [1.807, 2.05) is 37.3 Å². The van der Waals surface area contributed by atoms with Crippen molar-refractivity contribution in [2.45, 2.75) is 13.8 Å². The summed E-state index contributed by atoms with van der Waals surface area (Å²) in [5.41, 5.74) is 1.04. The first kappa shape index (κ1) is 20.6. The van der Waals surface area contributed by atoms with Gasteiger partial charge in [0.05, 0.1) is 17.9 Å². The molecule has 3 aromatic rings. The fourth-order valence-electron chi connectivity index (χ4n) is 3.88. The average molecular weight is 443 g/mol. The molecule has 1 aromatic heterocycles. The van der Waals surface area contributed by atoms with Crippen LogP contribution in [0.2, 0.25) is 0 Å². The number of nitrogens with zero attached hydrogens (tertiary/aromatic N) is 6. The highest BCUT2D eigenvalue weighted by molar-refractivity contribution is 6.24. The Bertz CT molecular complexity index is 1390. The van der Waals surface area contributed by atoms with Gasteiger partial charge in [-0.2, -0.15) is 24.9 Å². The number of hydrogen-bond donors (Lipinski definition) is 1. The van der Waals surface area contributed by atoms with Gasteiger partial charge in [-0.15, -0.1) is 0 Å². The van der Waals surface area contributed by atoms with Gasteiger partial charge < -0.3 is 10.1 Å². The fraction of sp³-hybridized carbons (Fsp3) is 0.217. The molecule has 0 aliphatic carbocycles. The van der Waals surface area contributed by atoms with Gasteiger partial charge in [0, 0.05) is 19.3 Å². The van der Waals surface area contributed by atoms with Gasteiger partial charge in [-0.25, -0.2) is 0 Å². The number of hydrogen-bond acceptors (Lipinski definition) is 7. The first-order valence-electron chi connectivity index (χ1n) is 10.5. The van der Waals surface area contributed by atoms with E-state index in [1.54, 1.807) is 26.1 Å². The van der Waals surface area contributed by atoms with Crippen LogP contribution in [0, 0.1) is 12.8 Å². The molecule has 2 aromatic carbocycles. The van der Waals surface area contributed by atoms with Gasteiger partial charge in [0.15, 0.2) is 0 Å². The molecule has 3 heterocycles.